The van der Waals surface area contributed by atoms with Gasteiger partial charge in [-0.2, -0.15) is 0 Å². The Labute approximate surface area is 140 Å². The SMILES string of the molecule is [C-]#[N+]CC1(C(=O)OC)CC2([N+]#[C-])c3ccccc3C=CN2C1(C)O. The maximum atomic E-state index is 12.6. The number of rotatable bonds is 2. The number of ether oxygens (including phenoxy) is 1. The molecule has 6 nitrogen and oxygen atoms in total. The van der Waals surface area contributed by atoms with Gasteiger partial charge in [0.25, 0.3) is 0 Å². The van der Waals surface area contributed by atoms with Gasteiger partial charge in [0.15, 0.2) is 11.1 Å². The van der Waals surface area contributed by atoms with Crippen molar-refractivity contribution in [3.05, 3.63) is 64.4 Å². The maximum Gasteiger partial charge on any atom is 0.337 e. The van der Waals surface area contributed by atoms with Gasteiger partial charge in [-0.15, -0.1) is 0 Å². The molecule has 1 aromatic carbocycles. The molecule has 1 fully saturated rings. The normalized spacial score (nSPS) is 33.1. The van der Waals surface area contributed by atoms with Gasteiger partial charge in [0.1, 0.15) is 0 Å². The summed E-state index contributed by atoms with van der Waals surface area (Å²) in [5.41, 5.74) is -2.88. The van der Waals surface area contributed by atoms with Gasteiger partial charge in [0, 0.05) is 6.20 Å². The first-order chi connectivity index (χ1) is 11.4. The number of benzene rings is 1. The molecule has 2 aliphatic heterocycles. The first-order valence-electron chi connectivity index (χ1n) is 7.49. The molecule has 0 bridgehead atoms. The molecule has 0 spiro atoms. The van der Waals surface area contributed by atoms with Gasteiger partial charge < -0.3 is 14.7 Å². The van der Waals surface area contributed by atoms with Gasteiger partial charge in [-0.3, -0.25) is 14.5 Å². The lowest BCUT2D eigenvalue weighted by Gasteiger charge is -2.39. The highest BCUT2D eigenvalue weighted by Gasteiger charge is 2.76. The zero-order valence-corrected chi connectivity index (χ0v) is 13.5. The fraction of sp³-hybridized carbons (Fsp3) is 0.389. The zero-order chi connectivity index (χ0) is 17.6. The summed E-state index contributed by atoms with van der Waals surface area (Å²) >= 11 is 0. The Hall–Kier alpha value is -2.83. The van der Waals surface area contributed by atoms with Gasteiger partial charge in [0.2, 0.25) is 6.54 Å². The van der Waals surface area contributed by atoms with E-state index in [9.17, 15) is 9.90 Å². The number of carbonyl (C=O) groups is 1. The Morgan fingerprint density at radius 3 is 2.75 bits per heavy atom. The van der Waals surface area contributed by atoms with Crippen molar-refractivity contribution in [3.63, 3.8) is 0 Å². The molecule has 1 N–H and O–H groups in total. The minimum absolute atomic E-state index is 0.00704. The largest absolute Gasteiger partial charge is 0.468 e. The van der Waals surface area contributed by atoms with E-state index in [0.717, 1.165) is 11.1 Å². The molecular formula is C18H17N3O3. The molecule has 1 aromatic rings. The number of methoxy groups -OCH3 is 1. The molecule has 2 aliphatic rings. The molecular weight excluding hydrogens is 306 g/mol. The number of esters is 1. The monoisotopic (exact) mass is 323 g/mol. The van der Waals surface area contributed by atoms with Gasteiger partial charge in [-0.25, -0.2) is 13.1 Å². The summed E-state index contributed by atoms with van der Waals surface area (Å²) in [7, 11) is 1.23. The molecule has 1 saturated heterocycles. The first kappa shape index (κ1) is 16.0. The van der Waals surface area contributed by atoms with Gasteiger partial charge in [-0.1, -0.05) is 18.2 Å². The van der Waals surface area contributed by atoms with Crippen molar-refractivity contribution in [2.24, 2.45) is 5.41 Å². The second-order valence-electron chi connectivity index (χ2n) is 6.29. The van der Waals surface area contributed by atoms with E-state index in [1.54, 1.807) is 12.3 Å². The predicted octanol–water partition coefficient (Wildman–Crippen LogP) is 2.24. The van der Waals surface area contributed by atoms with E-state index in [0.29, 0.717) is 0 Å². The summed E-state index contributed by atoms with van der Waals surface area (Å²) < 4.78 is 4.91. The lowest BCUT2D eigenvalue weighted by atomic mass is 9.75. The van der Waals surface area contributed by atoms with E-state index in [1.807, 2.05) is 24.3 Å². The van der Waals surface area contributed by atoms with E-state index in [2.05, 4.69) is 9.69 Å². The van der Waals surface area contributed by atoms with Crippen LogP contribution in [0.15, 0.2) is 30.5 Å². The summed E-state index contributed by atoms with van der Waals surface area (Å²) in [6, 6.07) is 7.41. The molecule has 0 amide bonds. The highest BCUT2D eigenvalue weighted by atomic mass is 16.5. The van der Waals surface area contributed by atoms with Crippen LogP contribution in [0.5, 0.6) is 0 Å². The number of fused-ring (bicyclic) bond motifs is 3. The molecule has 0 aliphatic carbocycles. The number of hydrogen-bond donors (Lipinski definition) is 1. The van der Waals surface area contributed by atoms with Crippen LogP contribution in [0.1, 0.15) is 24.5 Å². The maximum absolute atomic E-state index is 12.6. The molecule has 2 heterocycles. The topological polar surface area (TPSA) is 58.5 Å². The lowest BCUT2D eigenvalue weighted by molar-refractivity contribution is -0.178. The van der Waals surface area contributed by atoms with Crippen LogP contribution < -0.4 is 0 Å². The summed E-state index contributed by atoms with van der Waals surface area (Å²) in [5, 5.41) is 11.2. The van der Waals surface area contributed by atoms with Crippen molar-refractivity contribution < 1.29 is 14.6 Å². The quantitative estimate of drug-likeness (QED) is 0.670. The Bertz CT molecular complexity index is 818. The molecule has 0 aromatic heterocycles. The average molecular weight is 323 g/mol. The molecule has 6 heteroatoms. The second-order valence-corrected chi connectivity index (χ2v) is 6.29. The van der Waals surface area contributed by atoms with Crippen LogP contribution in [0.4, 0.5) is 0 Å². The molecule has 24 heavy (non-hydrogen) atoms. The third kappa shape index (κ3) is 1.69. The molecule has 122 valence electrons. The second kappa shape index (κ2) is 5.09. The Balaban J connectivity index is 2.29. The average Bonchev–Trinajstić information content (AvgIpc) is 2.80. The molecule has 3 unspecified atom stereocenters. The standard InChI is InChI=1S/C18H17N3O3/c1-16(23)17(12-19-2,15(22)24-4)11-18(20-3)14-8-6-5-7-13(14)9-10-21(16)18/h5-10,23H,11-12H2,1,4H3. The summed E-state index contributed by atoms with van der Waals surface area (Å²) in [6.07, 6.45) is 3.43. The minimum atomic E-state index is -1.72. The Morgan fingerprint density at radius 2 is 2.12 bits per heavy atom. The van der Waals surface area contributed by atoms with Gasteiger partial charge in [0.05, 0.1) is 19.1 Å². The Morgan fingerprint density at radius 1 is 1.42 bits per heavy atom. The fourth-order valence-electron chi connectivity index (χ4n) is 3.94. The first-order valence-corrected chi connectivity index (χ1v) is 7.49. The third-order valence-corrected chi connectivity index (χ3v) is 5.23. The van der Waals surface area contributed by atoms with Crippen LogP contribution in [0.25, 0.3) is 15.8 Å². The van der Waals surface area contributed by atoms with E-state index in [-0.39, 0.29) is 13.0 Å². The van der Waals surface area contributed by atoms with E-state index < -0.39 is 22.8 Å². The third-order valence-electron chi connectivity index (χ3n) is 5.23. The number of carbonyl (C=O) groups excluding carboxylic acids is 1. The lowest BCUT2D eigenvalue weighted by Crippen LogP contribution is -2.56. The van der Waals surface area contributed by atoms with E-state index in [4.69, 9.17) is 17.9 Å². The summed E-state index contributed by atoms with van der Waals surface area (Å²) in [5.74, 6) is -0.674. The Kier molecular flexibility index (Phi) is 3.40. The number of nitrogens with zero attached hydrogens (tertiary/aromatic N) is 3. The van der Waals surface area contributed by atoms with Crippen molar-refractivity contribution in [1.29, 1.82) is 0 Å². The van der Waals surface area contributed by atoms with Crippen LogP contribution in [-0.4, -0.2) is 35.4 Å². The van der Waals surface area contributed by atoms with Crippen molar-refractivity contribution in [1.82, 2.24) is 4.90 Å². The molecule has 0 radical (unpaired) electrons. The summed E-state index contributed by atoms with van der Waals surface area (Å²) in [4.78, 5) is 21.3. The van der Waals surface area contributed by atoms with E-state index >= 15 is 0 Å². The predicted molar refractivity (Wildman–Crippen MR) is 86.8 cm³/mol. The highest BCUT2D eigenvalue weighted by molar-refractivity contribution is 5.81. The number of aliphatic hydroxyl groups is 1. The van der Waals surface area contributed by atoms with Crippen molar-refractivity contribution >= 4 is 12.0 Å². The van der Waals surface area contributed by atoms with Crippen LogP contribution in [-0.2, 0) is 15.2 Å². The van der Waals surface area contributed by atoms with Crippen molar-refractivity contribution in [3.8, 4) is 0 Å². The van der Waals surface area contributed by atoms with Crippen molar-refractivity contribution in [2.45, 2.75) is 24.7 Å². The van der Waals surface area contributed by atoms with Crippen LogP contribution >= 0.6 is 0 Å². The van der Waals surface area contributed by atoms with Gasteiger partial charge >= 0.3 is 11.6 Å². The zero-order valence-electron chi connectivity index (χ0n) is 13.5. The van der Waals surface area contributed by atoms with Crippen LogP contribution in [0.3, 0.4) is 0 Å². The molecule has 3 rings (SSSR count). The van der Waals surface area contributed by atoms with Crippen LogP contribution in [0, 0.1) is 18.6 Å². The fourth-order valence-corrected chi connectivity index (χ4v) is 3.94. The summed E-state index contributed by atoms with van der Waals surface area (Å²) in [6.45, 7) is 16.3. The number of hydrogen-bond acceptors (Lipinski definition) is 4. The molecule has 0 saturated carbocycles. The van der Waals surface area contributed by atoms with Crippen LogP contribution in [0.2, 0.25) is 0 Å². The van der Waals surface area contributed by atoms with Crippen molar-refractivity contribution in [2.75, 3.05) is 13.7 Å². The smallest absolute Gasteiger partial charge is 0.337 e. The van der Waals surface area contributed by atoms with E-state index in [1.165, 1.54) is 18.9 Å². The molecule has 3 atom stereocenters. The highest BCUT2D eigenvalue weighted by Crippen LogP contribution is 2.60. The van der Waals surface area contributed by atoms with Gasteiger partial charge in [-0.05, 0) is 24.6 Å². The minimum Gasteiger partial charge on any atom is -0.468 e.